The summed E-state index contributed by atoms with van der Waals surface area (Å²) in [7, 11) is 0. The summed E-state index contributed by atoms with van der Waals surface area (Å²) in [5, 5.41) is 13.3. The summed E-state index contributed by atoms with van der Waals surface area (Å²) in [6.07, 6.45) is 1.77. The van der Waals surface area contributed by atoms with E-state index in [0.29, 0.717) is 18.0 Å². The van der Waals surface area contributed by atoms with Crippen LogP contribution in [0.1, 0.15) is 43.7 Å². The summed E-state index contributed by atoms with van der Waals surface area (Å²) in [5.74, 6) is -0.500. The zero-order valence-electron chi connectivity index (χ0n) is 13.0. The van der Waals surface area contributed by atoms with Crippen molar-refractivity contribution in [3.05, 3.63) is 17.0 Å². The number of hydrogen-bond donors (Lipinski definition) is 1. The second-order valence-electron chi connectivity index (χ2n) is 6.40. The third-order valence-electron chi connectivity index (χ3n) is 4.34. The van der Waals surface area contributed by atoms with Gasteiger partial charge in [-0.05, 0) is 32.1 Å². The Hall–Kier alpha value is -1.85. The Bertz CT molecular complexity index is 543. The van der Waals surface area contributed by atoms with Crippen LogP contribution in [-0.2, 0) is 16.0 Å². The van der Waals surface area contributed by atoms with E-state index in [1.54, 1.807) is 13.8 Å². The van der Waals surface area contributed by atoms with Crippen LogP contribution in [0.5, 0.6) is 0 Å². The number of carbonyl (C=O) groups excluding carboxylic acids is 1. The fraction of sp³-hybridized carbons (Fsp3) is 0.667. The van der Waals surface area contributed by atoms with Crippen molar-refractivity contribution in [2.45, 2.75) is 53.0 Å². The molecule has 1 aromatic heterocycles. The van der Waals surface area contributed by atoms with E-state index in [4.69, 9.17) is 4.52 Å². The predicted molar refractivity (Wildman–Crippen MR) is 75.8 cm³/mol. The number of aryl methyl sites for hydroxylation is 2. The summed E-state index contributed by atoms with van der Waals surface area (Å²) in [6, 6.07) is -0.778. The third-order valence-corrected chi connectivity index (χ3v) is 4.34. The van der Waals surface area contributed by atoms with Gasteiger partial charge in [-0.15, -0.1) is 0 Å². The molecular weight excluding hydrogens is 272 g/mol. The molecule has 1 aliphatic rings. The van der Waals surface area contributed by atoms with Crippen molar-refractivity contribution in [2.24, 2.45) is 5.41 Å². The molecule has 1 unspecified atom stereocenters. The minimum Gasteiger partial charge on any atom is -0.480 e. The molecule has 0 radical (unpaired) electrons. The van der Waals surface area contributed by atoms with Crippen LogP contribution in [0.2, 0.25) is 0 Å². The molecule has 6 heteroatoms. The maximum atomic E-state index is 12.6. The number of rotatable bonds is 3. The Kier molecular flexibility index (Phi) is 4.07. The van der Waals surface area contributed by atoms with E-state index in [1.807, 2.05) is 13.8 Å². The number of hydrogen-bond acceptors (Lipinski definition) is 4. The topological polar surface area (TPSA) is 83.6 Å². The largest absolute Gasteiger partial charge is 0.480 e. The SMILES string of the molecule is Cc1noc(C)c1CC(=O)N1CCCC(C)(C)C1C(=O)O. The van der Waals surface area contributed by atoms with E-state index in [-0.39, 0.29) is 12.3 Å². The van der Waals surface area contributed by atoms with Crippen molar-refractivity contribution in [1.29, 1.82) is 0 Å². The van der Waals surface area contributed by atoms with Gasteiger partial charge in [-0.2, -0.15) is 0 Å². The highest BCUT2D eigenvalue weighted by Crippen LogP contribution is 2.35. The molecule has 21 heavy (non-hydrogen) atoms. The van der Waals surface area contributed by atoms with Crippen LogP contribution in [0.3, 0.4) is 0 Å². The molecule has 0 aromatic carbocycles. The standard InChI is InChI=1S/C15H22N2O4/c1-9-11(10(2)21-16-9)8-12(18)17-7-5-6-15(3,4)13(17)14(19)20/h13H,5-8H2,1-4H3,(H,19,20). The minimum absolute atomic E-state index is 0.140. The van der Waals surface area contributed by atoms with Crippen LogP contribution < -0.4 is 0 Å². The average Bonchev–Trinajstić information content (AvgIpc) is 2.68. The molecule has 1 atom stereocenters. The first kappa shape index (κ1) is 15.5. The van der Waals surface area contributed by atoms with E-state index >= 15 is 0 Å². The molecule has 0 aliphatic carbocycles. The predicted octanol–water partition coefficient (Wildman–Crippen LogP) is 1.94. The van der Waals surface area contributed by atoms with Gasteiger partial charge in [0.15, 0.2) is 0 Å². The van der Waals surface area contributed by atoms with Crippen molar-refractivity contribution in [3.8, 4) is 0 Å². The molecule has 1 saturated heterocycles. The number of amides is 1. The van der Waals surface area contributed by atoms with Crippen LogP contribution in [-0.4, -0.2) is 39.6 Å². The van der Waals surface area contributed by atoms with Gasteiger partial charge in [-0.3, -0.25) is 4.79 Å². The van der Waals surface area contributed by atoms with Crippen LogP contribution in [0, 0.1) is 19.3 Å². The summed E-state index contributed by atoms with van der Waals surface area (Å²) < 4.78 is 5.06. The maximum absolute atomic E-state index is 12.6. The first-order valence-corrected chi connectivity index (χ1v) is 7.18. The molecule has 2 rings (SSSR count). The molecule has 6 nitrogen and oxygen atoms in total. The minimum atomic E-state index is -0.938. The lowest BCUT2D eigenvalue weighted by molar-refractivity contribution is -0.158. The number of carboxylic acid groups (broad SMARTS) is 1. The zero-order chi connectivity index (χ0) is 15.8. The molecule has 116 valence electrons. The number of aromatic nitrogens is 1. The van der Waals surface area contributed by atoms with Gasteiger partial charge in [0.05, 0.1) is 12.1 Å². The van der Waals surface area contributed by atoms with Crippen LogP contribution in [0.25, 0.3) is 0 Å². The fourth-order valence-electron chi connectivity index (χ4n) is 3.14. The second kappa shape index (κ2) is 5.50. The van der Waals surface area contributed by atoms with Crippen molar-refractivity contribution in [3.63, 3.8) is 0 Å². The van der Waals surface area contributed by atoms with Crippen molar-refractivity contribution < 1.29 is 19.2 Å². The molecule has 0 spiro atoms. The number of nitrogens with zero attached hydrogens (tertiary/aromatic N) is 2. The molecule has 1 amide bonds. The van der Waals surface area contributed by atoms with Crippen LogP contribution in [0.15, 0.2) is 4.52 Å². The smallest absolute Gasteiger partial charge is 0.326 e. The number of likely N-dealkylation sites (tertiary alicyclic amines) is 1. The van der Waals surface area contributed by atoms with Gasteiger partial charge in [0.25, 0.3) is 0 Å². The number of carbonyl (C=O) groups is 2. The molecular formula is C15H22N2O4. The van der Waals surface area contributed by atoms with Gasteiger partial charge in [0, 0.05) is 12.1 Å². The van der Waals surface area contributed by atoms with E-state index in [0.717, 1.165) is 18.4 Å². The van der Waals surface area contributed by atoms with Gasteiger partial charge >= 0.3 is 5.97 Å². The maximum Gasteiger partial charge on any atom is 0.326 e. The number of aliphatic carboxylic acids is 1. The average molecular weight is 294 g/mol. The van der Waals surface area contributed by atoms with Crippen molar-refractivity contribution >= 4 is 11.9 Å². The van der Waals surface area contributed by atoms with Gasteiger partial charge in [-0.25, -0.2) is 4.79 Å². The van der Waals surface area contributed by atoms with Crippen molar-refractivity contribution in [1.82, 2.24) is 10.1 Å². The zero-order valence-corrected chi connectivity index (χ0v) is 13.0. The molecule has 0 bridgehead atoms. The summed E-state index contributed by atoms with van der Waals surface area (Å²) >= 11 is 0. The first-order valence-electron chi connectivity index (χ1n) is 7.18. The molecule has 2 heterocycles. The Balaban J connectivity index is 2.23. The molecule has 1 aliphatic heterocycles. The molecule has 0 saturated carbocycles. The van der Waals surface area contributed by atoms with E-state index in [9.17, 15) is 14.7 Å². The molecule has 1 fully saturated rings. The Labute approximate surface area is 124 Å². The van der Waals surface area contributed by atoms with Gasteiger partial charge in [-0.1, -0.05) is 19.0 Å². The lowest BCUT2D eigenvalue weighted by Gasteiger charge is -2.44. The quantitative estimate of drug-likeness (QED) is 0.921. The number of carboxylic acids is 1. The summed E-state index contributed by atoms with van der Waals surface area (Å²) in [6.45, 7) is 7.84. The van der Waals surface area contributed by atoms with E-state index < -0.39 is 17.4 Å². The lowest BCUT2D eigenvalue weighted by atomic mass is 9.76. The number of piperidine rings is 1. The van der Waals surface area contributed by atoms with Gasteiger partial charge in [0.1, 0.15) is 11.8 Å². The highest BCUT2D eigenvalue weighted by Gasteiger charge is 2.44. The normalized spacial score (nSPS) is 21.3. The summed E-state index contributed by atoms with van der Waals surface area (Å²) in [5.41, 5.74) is 1.02. The van der Waals surface area contributed by atoms with E-state index in [1.165, 1.54) is 4.90 Å². The Morgan fingerprint density at radius 3 is 2.62 bits per heavy atom. The second-order valence-corrected chi connectivity index (χ2v) is 6.40. The highest BCUT2D eigenvalue weighted by molar-refractivity contribution is 5.86. The van der Waals surface area contributed by atoms with Crippen LogP contribution in [0.4, 0.5) is 0 Å². The molecule has 1 N–H and O–H groups in total. The van der Waals surface area contributed by atoms with E-state index in [2.05, 4.69) is 5.16 Å². The van der Waals surface area contributed by atoms with Crippen molar-refractivity contribution in [2.75, 3.05) is 6.54 Å². The Morgan fingerprint density at radius 1 is 1.43 bits per heavy atom. The van der Waals surface area contributed by atoms with Crippen LogP contribution >= 0.6 is 0 Å². The molecule has 1 aromatic rings. The Morgan fingerprint density at radius 2 is 2.10 bits per heavy atom. The third kappa shape index (κ3) is 2.94. The summed E-state index contributed by atoms with van der Waals surface area (Å²) in [4.78, 5) is 25.7. The fourth-order valence-corrected chi connectivity index (χ4v) is 3.14. The lowest BCUT2D eigenvalue weighted by Crippen LogP contribution is -2.56. The first-order chi connectivity index (χ1) is 9.74. The van der Waals surface area contributed by atoms with Gasteiger partial charge in [0.2, 0.25) is 5.91 Å². The monoisotopic (exact) mass is 294 g/mol. The van der Waals surface area contributed by atoms with Gasteiger partial charge < -0.3 is 14.5 Å². The highest BCUT2D eigenvalue weighted by atomic mass is 16.5.